The van der Waals surface area contributed by atoms with Crippen LogP contribution in [0.4, 0.5) is 0 Å². The number of furan rings is 1. The Morgan fingerprint density at radius 2 is 2.17 bits per heavy atom. The zero-order valence-corrected chi connectivity index (χ0v) is 6.66. The summed E-state index contributed by atoms with van der Waals surface area (Å²) in [6.45, 7) is 3.64. The van der Waals surface area contributed by atoms with Gasteiger partial charge in [-0.15, -0.1) is 6.58 Å². The summed E-state index contributed by atoms with van der Waals surface area (Å²) < 4.78 is 5.25. The van der Waals surface area contributed by atoms with Crippen LogP contribution in [0, 0.1) is 6.42 Å². The molecular weight excluding hydrogens is 148 g/mol. The first-order valence-electron chi connectivity index (χ1n) is 3.83. The van der Waals surface area contributed by atoms with E-state index in [0.717, 1.165) is 16.5 Å². The van der Waals surface area contributed by atoms with Gasteiger partial charge >= 0.3 is 0 Å². The summed E-state index contributed by atoms with van der Waals surface area (Å²) in [7, 11) is 0. The van der Waals surface area contributed by atoms with Crippen molar-refractivity contribution in [1.29, 1.82) is 0 Å². The van der Waals surface area contributed by atoms with Gasteiger partial charge in [-0.3, -0.25) is 0 Å². The maximum atomic E-state index is 5.25. The largest absolute Gasteiger partial charge is 0.464 e. The van der Waals surface area contributed by atoms with Crippen molar-refractivity contribution in [3.05, 3.63) is 55.2 Å². The minimum absolute atomic E-state index is 0.922. The van der Waals surface area contributed by atoms with E-state index < -0.39 is 0 Å². The standard InChI is InChI=1S/C11H9O/c1-2-3-9-4-5-10-6-7-12-11(10)8-9/h2-8H,1H2. The Bertz CT molecular complexity index is 398. The summed E-state index contributed by atoms with van der Waals surface area (Å²) in [5.74, 6) is 0. The zero-order valence-electron chi connectivity index (χ0n) is 6.66. The van der Waals surface area contributed by atoms with Crippen LogP contribution in [0.25, 0.3) is 11.0 Å². The molecule has 0 aliphatic carbocycles. The van der Waals surface area contributed by atoms with E-state index in [4.69, 9.17) is 4.42 Å². The van der Waals surface area contributed by atoms with Crippen LogP contribution in [0.15, 0.2) is 47.6 Å². The maximum Gasteiger partial charge on any atom is 0.134 e. The van der Waals surface area contributed by atoms with Gasteiger partial charge in [0.1, 0.15) is 5.58 Å². The molecule has 0 aliphatic heterocycles. The lowest BCUT2D eigenvalue weighted by Gasteiger charge is -1.94. The third-order valence-corrected chi connectivity index (χ3v) is 1.79. The molecule has 0 bridgehead atoms. The molecule has 0 amide bonds. The second-order valence-electron chi connectivity index (χ2n) is 2.62. The number of allylic oxidation sites excluding steroid dienone is 1. The van der Waals surface area contributed by atoms with E-state index in [9.17, 15) is 0 Å². The molecule has 1 nitrogen and oxygen atoms in total. The summed E-state index contributed by atoms with van der Waals surface area (Å²) in [6, 6.07) is 8.03. The molecule has 0 fully saturated rings. The highest BCUT2D eigenvalue weighted by atomic mass is 16.3. The molecule has 2 rings (SSSR count). The molecule has 0 unspecified atom stereocenters. The van der Waals surface area contributed by atoms with Crippen LogP contribution in [0.2, 0.25) is 0 Å². The molecule has 1 radical (unpaired) electrons. The lowest BCUT2D eigenvalue weighted by atomic mass is 10.1. The third kappa shape index (κ3) is 1.14. The van der Waals surface area contributed by atoms with Gasteiger partial charge in [0.25, 0.3) is 0 Å². The number of fused-ring (bicyclic) bond motifs is 1. The van der Waals surface area contributed by atoms with E-state index in [1.54, 1.807) is 12.3 Å². The lowest BCUT2D eigenvalue weighted by molar-refractivity contribution is 0.615. The molecule has 59 valence electrons. The molecule has 0 N–H and O–H groups in total. The molecule has 0 saturated carbocycles. The van der Waals surface area contributed by atoms with Crippen molar-refractivity contribution in [2.24, 2.45) is 0 Å². The van der Waals surface area contributed by atoms with Crippen molar-refractivity contribution in [3.63, 3.8) is 0 Å². The zero-order chi connectivity index (χ0) is 8.39. The van der Waals surface area contributed by atoms with Gasteiger partial charge in [-0.05, 0) is 17.7 Å². The van der Waals surface area contributed by atoms with Gasteiger partial charge in [0, 0.05) is 11.8 Å². The molecule has 1 aromatic carbocycles. The van der Waals surface area contributed by atoms with Crippen LogP contribution >= 0.6 is 0 Å². The van der Waals surface area contributed by atoms with Gasteiger partial charge in [-0.1, -0.05) is 18.2 Å². The summed E-state index contributed by atoms with van der Waals surface area (Å²) in [5.41, 5.74) is 2.04. The van der Waals surface area contributed by atoms with E-state index in [1.165, 1.54) is 0 Å². The average Bonchev–Trinajstić information content (AvgIpc) is 2.51. The lowest BCUT2D eigenvalue weighted by Crippen LogP contribution is -1.75. The van der Waals surface area contributed by atoms with E-state index in [2.05, 4.69) is 6.58 Å². The highest BCUT2D eigenvalue weighted by Gasteiger charge is 1.96. The first-order chi connectivity index (χ1) is 5.90. The van der Waals surface area contributed by atoms with E-state index in [1.807, 2.05) is 30.7 Å². The number of benzene rings is 1. The molecule has 0 spiro atoms. The van der Waals surface area contributed by atoms with Crippen LogP contribution in [0.1, 0.15) is 5.56 Å². The van der Waals surface area contributed by atoms with Gasteiger partial charge in [0.15, 0.2) is 0 Å². The predicted octanol–water partition coefficient (Wildman–Crippen LogP) is 3.17. The van der Waals surface area contributed by atoms with Crippen molar-refractivity contribution < 1.29 is 4.42 Å². The van der Waals surface area contributed by atoms with Gasteiger partial charge in [-0.25, -0.2) is 0 Å². The summed E-state index contributed by atoms with van der Waals surface area (Å²) in [4.78, 5) is 0. The fraction of sp³-hybridized carbons (Fsp3) is 0. The molecule has 0 saturated heterocycles. The van der Waals surface area contributed by atoms with Crippen molar-refractivity contribution >= 4 is 11.0 Å². The Morgan fingerprint density at radius 1 is 1.25 bits per heavy atom. The number of hydrogen-bond donors (Lipinski definition) is 0. The summed E-state index contributed by atoms with van der Waals surface area (Å²) in [6.07, 6.45) is 5.41. The topological polar surface area (TPSA) is 13.1 Å². The van der Waals surface area contributed by atoms with Crippen LogP contribution in [0.3, 0.4) is 0 Å². The molecule has 0 aliphatic rings. The Morgan fingerprint density at radius 3 is 3.00 bits per heavy atom. The van der Waals surface area contributed by atoms with Gasteiger partial charge < -0.3 is 4.42 Å². The summed E-state index contributed by atoms with van der Waals surface area (Å²) in [5, 5.41) is 1.14. The monoisotopic (exact) mass is 157 g/mol. The molecule has 2 aromatic rings. The Balaban J connectivity index is 2.52. The average molecular weight is 157 g/mol. The molecule has 1 heteroatoms. The predicted molar refractivity (Wildman–Crippen MR) is 49.8 cm³/mol. The first-order valence-corrected chi connectivity index (χ1v) is 3.83. The second-order valence-corrected chi connectivity index (χ2v) is 2.62. The minimum atomic E-state index is 0.922. The van der Waals surface area contributed by atoms with E-state index >= 15 is 0 Å². The highest BCUT2D eigenvalue weighted by molar-refractivity contribution is 5.78. The van der Waals surface area contributed by atoms with Crippen molar-refractivity contribution in [2.45, 2.75) is 0 Å². The van der Waals surface area contributed by atoms with Crippen LogP contribution in [-0.4, -0.2) is 0 Å². The van der Waals surface area contributed by atoms with E-state index in [0.29, 0.717) is 0 Å². The van der Waals surface area contributed by atoms with Gasteiger partial charge in [0.05, 0.1) is 6.26 Å². The fourth-order valence-corrected chi connectivity index (χ4v) is 1.21. The normalized spacial score (nSPS) is 10.3. The van der Waals surface area contributed by atoms with Crippen molar-refractivity contribution in [1.82, 2.24) is 0 Å². The highest BCUT2D eigenvalue weighted by Crippen LogP contribution is 2.17. The number of hydrogen-bond acceptors (Lipinski definition) is 1. The maximum absolute atomic E-state index is 5.25. The molecular formula is C11H9O. The SMILES string of the molecule is C=C[CH]c1ccc2ccoc2c1. The summed E-state index contributed by atoms with van der Waals surface area (Å²) >= 11 is 0. The Kier molecular flexibility index (Phi) is 1.71. The molecule has 1 heterocycles. The van der Waals surface area contributed by atoms with Crippen LogP contribution in [0.5, 0.6) is 0 Å². The van der Waals surface area contributed by atoms with Crippen molar-refractivity contribution in [3.8, 4) is 0 Å². The minimum Gasteiger partial charge on any atom is -0.464 e. The van der Waals surface area contributed by atoms with Crippen LogP contribution in [-0.2, 0) is 0 Å². The van der Waals surface area contributed by atoms with Gasteiger partial charge in [-0.2, -0.15) is 0 Å². The Labute approximate surface area is 71.3 Å². The third-order valence-electron chi connectivity index (χ3n) is 1.79. The fourth-order valence-electron chi connectivity index (χ4n) is 1.21. The smallest absolute Gasteiger partial charge is 0.134 e. The second kappa shape index (κ2) is 2.86. The van der Waals surface area contributed by atoms with Gasteiger partial charge in [0.2, 0.25) is 0 Å². The van der Waals surface area contributed by atoms with E-state index in [-0.39, 0.29) is 0 Å². The molecule has 12 heavy (non-hydrogen) atoms. The number of rotatable bonds is 2. The van der Waals surface area contributed by atoms with Crippen LogP contribution < -0.4 is 0 Å². The molecule has 1 aromatic heterocycles. The van der Waals surface area contributed by atoms with Crippen molar-refractivity contribution in [2.75, 3.05) is 0 Å². The molecule has 0 atom stereocenters. The Hall–Kier alpha value is -1.50. The first kappa shape index (κ1) is 7.17. The quantitative estimate of drug-likeness (QED) is 0.652.